The Bertz CT molecular complexity index is 1040. The molecule has 1 unspecified atom stereocenters. The fraction of sp³-hybridized carbons (Fsp3) is 0.158. The number of carbonyl (C=O) groups is 2. The molecule has 0 aliphatic heterocycles. The predicted molar refractivity (Wildman–Crippen MR) is 99.7 cm³/mol. The Balaban J connectivity index is 1.57. The molecule has 8 nitrogen and oxygen atoms in total. The minimum absolute atomic E-state index is 0.0109. The van der Waals surface area contributed by atoms with Crippen LogP contribution in [0.25, 0.3) is 0 Å². The van der Waals surface area contributed by atoms with Crippen LogP contribution in [-0.2, 0) is 16.1 Å². The van der Waals surface area contributed by atoms with Crippen LogP contribution in [0.15, 0.2) is 53.2 Å². The number of rotatable bonds is 6. The van der Waals surface area contributed by atoms with Crippen molar-refractivity contribution in [1.82, 2.24) is 9.78 Å². The molecule has 0 aliphatic rings. The number of aromatic nitrogens is 2. The molecule has 2 heterocycles. The summed E-state index contributed by atoms with van der Waals surface area (Å²) in [4.78, 5) is 24.4. The molecular weight excluding hydrogens is 384 g/mol. The van der Waals surface area contributed by atoms with Crippen molar-refractivity contribution >= 4 is 29.2 Å². The summed E-state index contributed by atoms with van der Waals surface area (Å²) in [5, 5.41) is 15.7. The van der Waals surface area contributed by atoms with E-state index in [2.05, 4.69) is 10.4 Å². The molecule has 0 saturated heterocycles. The predicted octanol–water partition coefficient (Wildman–Crippen LogP) is 3.23. The van der Waals surface area contributed by atoms with Crippen molar-refractivity contribution < 1.29 is 18.7 Å². The van der Waals surface area contributed by atoms with Gasteiger partial charge in [0.2, 0.25) is 5.76 Å². The molecule has 9 heteroatoms. The maximum absolute atomic E-state index is 12.2. The Morgan fingerprint density at radius 2 is 2.21 bits per heavy atom. The summed E-state index contributed by atoms with van der Waals surface area (Å²) in [6.07, 6.45) is 2.34. The number of ether oxygens (including phenoxy) is 1. The molecule has 3 rings (SSSR count). The topological polar surface area (TPSA) is 110 Å². The lowest BCUT2D eigenvalue weighted by Crippen LogP contribution is -2.29. The Morgan fingerprint density at radius 3 is 2.89 bits per heavy atom. The molecule has 2 aromatic heterocycles. The van der Waals surface area contributed by atoms with Gasteiger partial charge in [0.05, 0.1) is 17.1 Å². The van der Waals surface area contributed by atoms with E-state index in [-0.39, 0.29) is 10.8 Å². The molecule has 1 amide bonds. The second-order valence-electron chi connectivity index (χ2n) is 5.81. The lowest BCUT2D eigenvalue weighted by molar-refractivity contribution is -0.123. The molecular formula is C19H15ClN4O4. The molecule has 3 aromatic rings. The molecule has 0 fully saturated rings. The quantitative estimate of drug-likeness (QED) is 0.638. The Kier molecular flexibility index (Phi) is 5.77. The number of hydrogen-bond donors (Lipinski definition) is 1. The number of nitriles is 1. The second-order valence-corrected chi connectivity index (χ2v) is 6.22. The van der Waals surface area contributed by atoms with Crippen LogP contribution < -0.4 is 5.32 Å². The molecule has 0 bridgehead atoms. The smallest absolute Gasteiger partial charge is 0.375 e. The van der Waals surface area contributed by atoms with Crippen molar-refractivity contribution in [2.75, 3.05) is 5.32 Å². The van der Waals surface area contributed by atoms with Crippen LogP contribution in [0.4, 0.5) is 5.69 Å². The highest BCUT2D eigenvalue weighted by Crippen LogP contribution is 2.20. The Morgan fingerprint density at radius 1 is 1.39 bits per heavy atom. The summed E-state index contributed by atoms with van der Waals surface area (Å²) < 4.78 is 12.2. The first-order chi connectivity index (χ1) is 13.5. The summed E-state index contributed by atoms with van der Waals surface area (Å²) in [5.41, 5.74) is 0.680. The molecule has 0 radical (unpaired) electrons. The van der Waals surface area contributed by atoms with Crippen molar-refractivity contribution in [2.45, 2.75) is 19.6 Å². The van der Waals surface area contributed by atoms with Gasteiger partial charge in [-0.15, -0.1) is 0 Å². The van der Waals surface area contributed by atoms with E-state index in [0.29, 0.717) is 23.6 Å². The molecule has 142 valence electrons. The normalized spacial score (nSPS) is 11.5. The molecule has 1 atom stereocenters. The van der Waals surface area contributed by atoms with Crippen LogP contribution in [0.3, 0.4) is 0 Å². The number of benzene rings is 1. The number of anilines is 1. The van der Waals surface area contributed by atoms with Crippen molar-refractivity contribution in [3.05, 3.63) is 70.9 Å². The average Bonchev–Trinajstić information content (AvgIpc) is 3.34. The van der Waals surface area contributed by atoms with Crippen molar-refractivity contribution in [1.29, 1.82) is 5.26 Å². The number of hydrogen-bond acceptors (Lipinski definition) is 6. The van der Waals surface area contributed by atoms with E-state index < -0.39 is 18.0 Å². The fourth-order valence-corrected chi connectivity index (χ4v) is 2.55. The van der Waals surface area contributed by atoms with Gasteiger partial charge < -0.3 is 14.5 Å². The van der Waals surface area contributed by atoms with E-state index in [9.17, 15) is 9.59 Å². The number of esters is 1. The van der Waals surface area contributed by atoms with Gasteiger partial charge in [-0.05, 0) is 43.3 Å². The summed E-state index contributed by atoms with van der Waals surface area (Å²) in [5.74, 6) is -0.784. The van der Waals surface area contributed by atoms with E-state index in [1.54, 1.807) is 29.2 Å². The summed E-state index contributed by atoms with van der Waals surface area (Å²) in [7, 11) is 0. The molecule has 1 N–H and O–H groups in total. The zero-order valence-corrected chi connectivity index (χ0v) is 15.5. The lowest BCUT2D eigenvalue weighted by atomic mass is 10.2. The van der Waals surface area contributed by atoms with Crippen LogP contribution in [0, 0.1) is 11.3 Å². The van der Waals surface area contributed by atoms with Gasteiger partial charge in [0.1, 0.15) is 11.8 Å². The molecule has 0 spiro atoms. The number of nitrogens with zero attached hydrogens (tertiary/aromatic N) is 3. The van der Waals surface area contributed by atoms with Crippen LogP contribution in [0.1, 0.15) is 28.8 Å². The fourth-order valence-electron chi connectivity index (χ4n) is 2.33. The second kappa shape index (κ2) is 8.41. The van der Waals surface area contributed by atoms with E-state index in [4.69, 9.17) is 26.0 Å². The van der Waals surface area contributed by atoms with Crippen molar-refractivity contribution in [2.24, 2.45) is 0 Å². The van der Waals surface area contributed by atoms with Gasteiger partial charge in [-0.2, -0.15) is 10.4 Å². The number of carbonyl (C=O) groups excluding carboxylic acids is 2. The lowest BCUT2D eigenvalue weighted by Gasteiger charge is -2.13. The third-order valence-corrected chi connectivity index (χ3v) is 4.06. The Labute approximate surface area is 165 Å². The van der Waals surface area contributed by atoms with E-state index >= 15 is 0 Å². The molecule has 28 heavy (non-hydrogen) atoms. The summed E-state index contributed by atoms with van der Waals surface area (Å²) in [6, 6.07) is 11.3. The number of nitrogens with one attached hydrogen (secondary N) is 1. The van der Waals surface area contributed by atoms with Gasteiger partial charge in [0, 0.05) is 18.1 Å². The summed E-state index contributed by atoms with van der Waals surface area (Å²) >= 11 is 5.93. The minimum atomic E-state index is -1.07. The van der Waals surface area contributed by atoms with E-state index in [0.717, 1.165) is 0 Å². The van der Waals surface area contributed by atoms with Crippen LogP contribution in [-0.4, -0.2) is 27.8 Å². The first-order valence-corrected chi connectivity index (χ1v) is 8.61. The number of amides is 1. The van der Waals surface area contributed by atoms with Crippen molar-refractivity contribution in [3.63, 3.8) is 0 Å². The van der Waals surface area contributed by atoms with Gasteiger partial charge in [-0.1, -0.05) is 11.6 Å². The highest BCUT2D eigenvalue weighted by molar-refractivity contribution is 6.32. The van der Waals surface area contributed by atoms with E-state index in [1.165, 1.54) is 31.2 Å². The third-order valence-electron chi connectivity index (χ3n) is 3.75. The third kappa shape index (κ3) is 4.58. The average molecular weight is 399 g/mol. The maximum atomic E-state index is 12.2. The molecule has 0 saturated carbocycles. The van der Waals surface area contributed by atoms with Crippen LogP contribution in [0.5, 0.6) is 0 Å². The van der Waals surface area contributed by atoms with Gasteiger partial charge >= 0.3 is 5.97 Å². The van der Waals surface area contributed by atoms with Crippen molar-refractivity contribution in [3.8, 4) is 6.07 Å². The summed E-state index contributed by atoms with van der Waals surface area (Å²) in [6.45, 7) is 1.81. The monoisotopic (exact) mass is 398 g/mol. The van der Waals surface area contributed by atoms with Crippen LogP contribution >= 0.6 is 11.6 Å². The first kappa shape index (κ1) is 19.2. The highest BCUT2D eigenvalue weighted by atomic mass is 35.5. The van der Waals surface area contributed by atoms with Gasteiger partial charge in [0.15, 0.2) is 6.10 Å². The first-order valence-electron chi connectivity index (χ1n) is 8.24. The molecule has 1 aromatic carbocycles. The van der Waals surface area contributed by atoms with E-state index in [1.807, 2.05) is 6.07 Å². The maximum Gasteiger partial charge on any atom is 0.375 e. The standard InChI is InChI=1S/C19H15ClN4O4/c1-12(18(25)23-14-4-3-13(10-21)16(20)9-14)27-19(26)17-6-5-15(28-17)11-24-8-2-7-22-24/h2-9,12H,11H2,1H3,(H,23,25). The van der Waals surface area contributed by atoms with Gasteiger partial charge in [-0.25, -0.2) is 4.79 Å². The number of halogens is 1. The highest BCUT2D eigenvalue weighted by Gasteiger charge is 2.21. The Hall–Kier alpha value is -3.57. The largest absolute Gasteiger partial charge is 0.452 e. The van der Waals surface area contributed by atoms with Crippen LogP contribution in [0.2, 0.25) is 5.02 Å². The van der Waals surface area contributed by atoms with Gasteiger partial charge in [0.25, 0.3) is 5.91 Å². The number of furan rings is 1. The molecule has 0 aliphatic carbocycles. The zero-order chi connectivity index (χ0) is 20.1. The van der Waals surface area contributed by atoms with Gasteiger partial charge in [-0.3, -0.25) is 9.48 Å². The zero-order valence-electron chi connectivity index (χ0n) is 14.8. The minimum Gasteiger partial charge on any atom is -0.452 e. The SMILES string of the molecule is CC(OC(=O)c1ccc(Cn2cccn2)o1)C(=O)Nc1ccc(C#N)c(Cl)c1.